The van der Waals surface area contributed by atoms with Gasteiger partial charge in [-0.15, -0.1) is 0 Å². The number of nitrogens with zero attached hydrogens (tertiary/aromatic N) is 2. The largest absolute Gasteiger partial charge is 0.497 e. The Labute approximate surface area is 110 Å². The second kappa shape index (κ2) is 5.87. The van der Waals surface area contributed by atoms with Crippen LogP contribution in [-0.4, -0.2) is 24.2 Å². The zero-order chi connectivity index (χ0) is 13.7. The minimum Gasteiger partial charge on any atom is -0.497 e. The van der Waals surface area contributed by atoms with Crippen LogP contribution in [0.15, 0.2) is 30.6 Å². The monoisotopic (exact) mass is 261 g/mol. The van der Waals surface area contributed by atoms with E-state index in [9.17, 15) is 0 Å². The van der Waals surface area contributed by atoms with Crippen molar-refractivity contribution >= 4 is 17.3 Å². The molecule has 7 heteroatoms. The van der Waals surface area contributed by atoms with E-state index in [0.717, 1.165) is 11.4 Å². The molecule has 2 aromatic rings. The minimum absolute atomic E-state index is 0.513. The highest BCUT2D eigenvalue weighted by Crippen LogP contribution is 2.31. The van der Waals surface area contributed by atoms with Crippen LogP contribution in [0.2, 0.25) is 0 Å². The number of aromatic nitrogens is 2. The summed E-state index contributed by atoms with van der Waals surface area (Å²) in [5.41, 5.74) is 3.20. The van der Waals surface area contributed by atoms with Gasteiger partial charge in [0, 0.05) is 12.1 Å². The molecule has 0 aliphatic heterocycles. The standard InChI is InChI=1S/C12H15N5O2/c1-18-8-3-4-10(19-2)9(5-8)16-11-6-12(17-13)15-7-14-11/h3-7H,13H2,1-2H3,(H2,14,15,16,17). The van der Waals surface area contributed by atoms with Crippen molar-refractivity contribution in [1.82, 2.24) is 9.97 Å². The molecular weight excluding hydrogens is 246 g/mol. The molecule has 0 bridgehead atoms. The smallest absolute Gasteiger partial charge is 0.145 e. The van der Waals surface area contributed by atoms with Gasteiger partial charge in [0.2, 0.25) is 0 Å². The number of hydrogen-bond donors (Lipinski definition) is 3. The summed E-state index contributed by atoms with van der Waals surface area (Å²) >= 11 is 0. The summed E-state index contributed by atoms with van der Waals surface area (Å²) in [5.74, 6) is 7.81. The van der Waals surface area contributed by atoms with Crippen LogP contribution >= 0.6 is 0 Å². The lowest BCUT2D eigenvalue weighted by Crippen LogP contribution is -2.09. The predicted molar refractivity (Wildman–Crippen MR) is 72.7 cm³/mol. The van der Waals surface area contributed by atoms with Crippen molar-refractivity contribution in [3.63, 3.8) is 0 Å². The molecule has 1 aromatic carbocycles. The van der Waals surface area contributed by atoms with Crippen molar-refractivity contribution < 1.29 is 9.47 Å². The van der Waals surface area contributed by atoms with Crippen molar-refractivity contribution in [3.05, 3.63) is 30.6 Å². The molecule has 0 aliphatic rings. The first-order chi connectivity index (χ1) is 9.26. The topological polar surface area (TPSA) is 94.3 Å². The molecule has 0 saturated heterocycles. The fourth-order valence-electron chi connectivity index (χ4n) is 1.55. The van der Waals surface area contributed by atoms with Gasteiger partial charge in [0.15, 0.2) is 0 Å². The van der Waals surface area contributed by atoms with Crippen molar-refractivity contribution in [1.29, 1.82) is 0 Å². The number of hydrogen-bond acceptors (Lipinski definition) is 7. The highest BCUT2D eigenvalue weighted by molar-refractivity contribution is 5.67. The van der Waals surface area contributed by atoms with Crippen LogP contribution < -0.4 is 26.1 Å². The molecule has 0 saturated carbocycles. The molecule has 0 amide bonds. The number of hydrazine groups is 1. The fraction of sp³-hybridized carbons (Fsp3) is 0.167. The third kappa shape index (κ3) is 3.02. The van der Waals surface area contributed by atoms with Crippen LogP contribution in [0.3, 0.4) is 0 Å². The van der Waals surface area contributed by atoms with Crippen molar-refractivity contribution in [2.45, 2.75) is 0 Å². The van der Waals surface area contributed by atoms with E-state index in [4.69, 9.17) is 15.3 Å². The van der Waals surface area contributed by atoms with E-state index >= 15 is 0 Å². The first-order valence-corrected chi connectivity index (χ1v) is 5.54. The maximum atomic E-state index is 5.30. The lowest BCUT2D eigenvalue weighted by Gasteiger charge is -2.12. The van der Waals surface area contributed by atoms with Gasteiger partial charge in [-0.2, -0.15) is 0 Å². The molecule has 0 unspecified atom stereocenters. The Hall–Kier alpha value is -2.54. The molecule has 19 heavy (non-hydrogen) atoms. The van der Waals surface area contributed by atoms with E-state index in [1.165, 1.54) is 6.33 Å². The number of rotatable bonds is 5. The van der Waals surface area contributed by atoms with Crippen LogP contribution in [0.25, 0.3) is 0 Å². The third-order valence-corrected chi connectivity index (χ3v) is 2.48. The highest BCUT2D eigenvalue weighted by atomic mass is 16.5. The van der Waals surface area contributed by atoms with E-state index in [1.807, 2.05) is 18.2 Å². The fourth-order valence-corrected chi connectivity index (χ4v) is 1.55. The minimum atomic E-state index is 0.513. The van der Waals surface area contributed by atoms with Gasteiger partial charge in [0.1, 0.15) is 29.5 Å². The zero-order valence-corrected chi connectivity index (χ0v) is 10.7. The Kier molecular flexibility index (Phi) is 3.99. The maximum absolute atomic E-state index is 5.30. The Morgan fingerprint density at radius 1 is 1.05 bits per heavy atom. The number of nitrogens with one attached hydrogen (secondary N) is 2. The maximum Gasteiger partial charge on any atom is 0.145 e. The van der Waals surface area contributed by atoms with E-state index in [-0.39, 0.29) is 0 Å². The van der Waals surface area contributed by atoms with Crippen LogP contribution in [0, 0.1) is 0 Å². The van der Waals surface area contributed by atoms with Crippen LogP contribution in [0.4, 0.5) is 17.3 Å². The van der Waals surface area contributed by atoms with Gasteiger partial charge in [0.25, 0.3) is 0 Å². The van der Waals surface area contributed by atoms with E-state index < -0.39 is 0 Å². The van der Waals surface area contributed by atoms with Gasteiger partial charge in [-0.05, 0) is 12.1 Å². The number of anilines is 3. The summed E-state index contributed by atoms with van der Waals surface area (Å²) in [6, 6.07) is 7.12. The molecule has 0 fully saturated rings. The first-order valence-electron chi connectivity index (χ1n) is 5.54. The molecule has 2 rings (SSSR count). The lowest BCUT2D eigenvalue weighted by molar-refractivity contribution is 0.405. The second-order valence-electron chi connectivity index (χ2n) is 3.62. The van der Waals surface area contributed by atoms with Crippen LogP contribution in [-0.2, 0) is 0 Å². The molecule has 100 valence electrons. The molecular formula is C12H15N5O2. The highest BCUT2D eigenvalue weighted by Gasteiger charge is 2.06. The lowest BCUT2D eigenvalue weighted by atomic mass is 10.2. The summed E-state index contributed by atoms with van der Waals surface area (Å²) in [7, 11) is 3.20. The Morgan fingerprint density at radius 3 is 2.53 bits per heavy atom. The van der Waals surface area contributed by atoms with Gasteiger partial charge >= 0.3 is 0 Å². The van der Waals surface area contributed by atoms with E-state index in [2.05, 4.69) is 20.7 Å². The Morgan fingerprint density at radius 2 is 1.84 bits per heavy atom. The number of methoxy groups -OCH3 is 2. The Bertz CT molecular complexity index is 562. The van der Waals surface area contributed by atoms with Crippen LogP contribution in [0.5, 0.6) is 11.5 Å². The summed E-state index contributed by atoms with van der Waals surface area (Å²) in [6.07, 6.45) is 1.41. The van der Waals surface area contributed by atoms with E-state index in [0.29, 0.717) is 17.4 Å². The van der Waals surface area contributed by atoms with Gasteiger partial charge < -0.3 is 20.2 Å². The number of benzene rings is 1. The summed E-state index contributed by atoms with van der Waals surface area (Å²) in [4.78, 5) is 8.03. The van der Waals surface area contributed by atoms with E-state index in [1.54, 1.807) is 20.3 Å². The van der Waals surface area contributed by atoms with Gasteiger partial charge in [0.05, 0.1) is 19.9 Å². The van der Waals surface area contributed by atoms with Gasteiger partial charge in [-0.3, -0.25) is 0 Å². The quantitative estimate of drug-likeness (QED) is 0.555. The molecule has 0 radical (unpaired) electrons. The summed E-state index contributed by atoms with van der Waals surface area (Å²) in [5, 5.41) is 3.12. The molecule has 0 aliphatic carbocycles. The molecule has 0 spiro atoms. The van der Waals surface area contributed by atoms with Crippen molar-refractivity contribution in [3.8, 4) is 11.5 Å². The SMILES string of the molecule is COc1ccc(OC)c(Nc2cc(NN)ncn2)c1. The number of nitrogens with two attached hydrogens (primary N) is 1. The molecule has 1 heterocycles. The van der Waals surface area contributed by atoms with Crippen molar-refractivity contribution in [2.24, 2.45) is 5.84 Å². The molecule has 7 nitrogen and oxygen atoms in total. The second-order valence-corrected chi connectivity index (χ2v) is 3.62. The normalized spacial score (nSPS) is 9.84. The van der Waals surface area contributed by atoms with Gasteiger partial charge in [-0.1, -0.05) is 0 Å². The summed E-state index contributed by atoms with van der Waals surface area (Å²) in [6.45, 7) is 0. The zero-order valence-electron chi connectivity index (χ0n) is 10.7. The van der Waals surface area contributed by atoms with Crippen LogP contribution in [0.1, 0.15) is 0 Å². The molecule has 4 N–H and O–H groups in total. The first kappa shape index (κ1) is 12.9. The number of nitrogen functional groups attached to an aromatic ring is 1. The van der Waals surface area contributed by atoms with Gasteiger partial charge in [-0.25, -0.2) is 15.8 Å². The molecule has 0 atom stereocenters. The van der Waals surface area contributed by atoms with Crippen molar-refractivity contribution in [2.75, 3.05) is 25.0 Å². The number of ether oxygens (including phenoxy) is 2. The average Bonchev–Trinajstić information content (AvgIpc) is 2.47. The third-order valence-electron chi connectivity index (χ3n) is 2.48. The summed E-state index contributed by atoms with van der Waals surface area (Å²) < 4.78 is 10.4. The average molecular weight is 261 g/mol. The molecule has 1 aromatic heterocycles. The predicted octanol–water partition coefficient (Wildman–Crippen LogP) is 1.52. The Balaban J connectivity index is 2.30.